The van der Waals surface area contributed by atoms with Gasteiger partial charge in [0.05, 0.1) is 12.3 Å². The third-order valence-corrected chi connectivity index (χ3v) is 5.92. The van der Waals surface area contributed by atoms with Crippen molar-refractivity contribution in [2.24, 2.45) is 0 Å². The maximum atomic E-state index is 12.4. The van der Waals surface area contributed by atoms with Crippen LogP contribution in [0.2, 0.25) is 0 Å². The van der Waals surface area contributed by atoms with Crippen LogP contribution >= 0.6 is 0 Å². The normalized spacial score (nSPS) is 17.5. The number of likely N-dealkylation sites (tertiary alicyclic amines) is 1. The summed E-state index contributed by atoms with van der Waals surface area (Å²) in [6.45, 7) is 3.39. The Kier molecular flexibility index (Phi) is 8.79. The van der Waals surface area contributed by atoms with Crippen LogP contribution in [0.5, 0.6) is 0 Å². The molecule has 0 aromatic heterocycles. The number of benzene rings is 2. The summed E-state index contributed by atoms with van der Waals surface area (Å²) in [6, 6.07) is 13.6. The largest absolute Gasteiger partial charge is 0.391 e. The maximum Gasteiger partial charge on any atom is 0.268 e. The van der Waals surface area contributed by atoms with Gasteiger partial charge in [-0.1, -0.05) is 24.0 Å². The van der Waals surface area contributed by atoms with E-state index < -0.39 is 24.0 Å². The van der Waals surface area contributed by atoms with Crippen LogP contribution in [0.1, 0.15) is 46.8 Å². The summed E-state index contributed by atoms with van der Waals surface area (Å²) < 4.78 is 0. The van der Waals surface area contributed by atoms with Gasteiger partial charge in [-0.25, -0.2) is 5.48 Å². The zero-order chi connectivity index (χ0) is 24.7. The van der Waals surface area contributed by atoms with Crippen LogP contribution in [-0.4, -0.2) is 70.9 Å². The molecule has 8 heteroatoms. The molecule has 1 fully saturated rings. The summed E-state index contributed by atoms with van der Waals surface area (Å²) in [4.78, 5) is 28.7. The van der Waals surface area contributed by atoms with Gasteiger partial charge in [0.25, 0.3) is 11.8 Å². The van der Waals surface area contributed by atoms with Crippen LogP contribution in [0.3, 0.4) is 0 Å². The first kappa shape index (κ1) is 25.4. The third-order valence-electron chi connectivity index (χ3n) is 5.92. The van der Waals surface area contributed by atoms with Crippen molar-refractivity contribution in [3.05, 3.63) is 70.8 Å². The fourth-order valence-corrected chi connectivity index (χ4v) is 4.05. The SMILES string of the molecule is C[C@@H](O)[C@H](NC(=O)c1ccc(C#Cc2ccc(CN3CCC[C@H]3N(C)C)cc2)cc1)C(=O)NO. The van der Waals surface area contributed by atoms with Crippen LogP contribution in [0.4, 0.5) is 0 Å². The number of carbonyl (C=O) groups is 2. The molecule has 4 N–H and O–H groups in total. The lowest BCUT2D eigenvalue weighted by Crippen LogP contribution is -2.51. The molecule has 3 atom stereocenters. The average molecular weight is 465 g/mol. The quantitative estimate of drug-likeness (QED) is 0.282. The minimum absolute atomic E-state index is 0.309. The molecule has 1 saturated heterocycles. The number of carbonyl (C=O) groups excluding carboxylic acids is 2. The van der Waals surface area contributed by atoms with Gasteiger partial charge in [0, 0.05) is 29.8 Å². The molecule has 34 heavy (non-hydrogen) atoms. The Morgan fingerprint density at radius 1 is 1.09 bits per heavy atom. The minimum Gasteiger partial charge on any atom is -0.391 e. The topological polar surface area (TPSA) is 105 Å². The van der Waals surface area contributed by atoms with Crippen molar-refractivity contribution >= 4 is 11.8 Å². The Morgan fingerprint density at radius 3 is 2.21 bits per heavy atom. The molecular formula is C26H32N4O4. The lowest BCUT2D eigenvalue weighted by Gasteiger charge is -2.29. The molecule has 0 bridgehead atoms. The van der Waals surface area contributed by atoms with Crippen LogP contribution in [-0.2, 0) is 11.3 Å². The van der Waals surface area contributed by atoms with Crippen LogP contribution in [0.15, 0.2) is 48.5 Å². The number of hydroxylamine groups is 1. The van der Waals surface area contributed by atoms with Crippen molar-refractivity contribution in [1.29, 1.82) is 0 Å². The molecule has 0 saturated carbocycles. The van der Waals surface area contributed by atoms with E-state index in [-0.39, 0.29) is 0 Å². The molecule has 2 amide bonds. The fourth-order valence-electron chi connectivity index (χ4n) is 4.05. The molecule has 0 unspecified atom stereocenters. The van der Waals surface area contributed by atoms with Crippen molar-refractivity contribution in [2.45, 2.75) is 44.6 Å². The first-order chi connectivity index (χ1) is 16.3. The number of rotatable bonds is 7. The maximum absolute atomic E-state index is 12.4. The number of amides is 2. The number of nitrogens with one attached hydrogen (secondary N) is 2. The molecule has 1 aliphatic heterocycles. The minimum atomic E-state index is -1.26. The number of hydrogen-bond acceptors (Lipinski definition) is 6. The van der Waals surface area contributed by atoms with E-state index in [2.05, 4.69) is 53.2 Å². The highest BCUT2D eigenvalue weighted by Crippen LogP contribution is 2.21. The number of aliphatic hydroxyl groups excluding tert-OH is 1. The standard InChI is InChI=1S/C26H32N4O4/c1-18(31)24(26(33)28-34)27-25(32)22-14-12-20(13-15-22)7-6-19-8-10-21(11-9-19)17-30-16-4-5-23(30)29(2)3/h8-15,18,23-24,31,34H,4-5,16-17H2,1-3H3,(H,27,32)(H,28,33)/t18-,23+,24+/m1/s1. The lowest BCUT2D eigenvalue weighted by molar-refractivity contribution is -0.133. The van der Waals surface area contributed by atoms with Crippen molar-refractivity contribution in [3.63, 3.8) is 0 Å². The molecular weight excluding hydrogens is 432 g/mol. The number of nitrogens with zero attached hydrogens (tertiary/aromatic N) is 2. The van der Waals surface area contributed by atoms with Crippen molar-refractivity contribution < 1.29 is 19.9 Å². The van der Waals surface area contributed by atoms with Crippen LogP contribution in [0.25, 0.3) is 0 Å². The van der Waals surface area contributed by atoms with E-state index in [1.807, 2.05) is 12.1 Å². The van der Waals surface area contributed by atoms with Crippen LogP contribution in [0, 0.1) is 11.8 Å². The van der Waals surface area contributed by atoms with Crippen molar-refractivity contribution in [1.82, 2.24) is 20.6 Å². The van der Waals surface area contributed by atoms with Gasteiger partial charge in [-0.2, -0.15) is 0 Å². The summed E-state index contributed by atoms with van der Waals surface area (Å²) in [6.07, 6.45) is 1.76. The van der Waals surface area contributed by atoms with E-state index in [0.29, 0.717) is 11.7 Å². The van der Waals surface area contributed by atoms with E-state index >= 15 is 0 Å². The van der Waals surface area contributed by atoms with E-state index in [0.717, 1.165) is 24.2 Å². The monoisotopic (exact) mass is 464 g/mol. The fraction of sp³-hybridized carbons (Fsp3) is 0.385. The summed E-state index contributed by atoms with van der Waals surface area (Å²) in [5.41, 5.74) is 4.66. The highest BCUT2D eigenvalue weighted by molar-refractivity contribution is 5.97. The predicted molar refractivity (Wildman–Crippen MR) is 129 cm³/mol. The molecule has 0 radical (unpaired) electrons. The predicted octanol–water partition coefficient (Wildman–Crippen LogP) is 1.55. The summed E-state index contributed by atoms with van der Waals surface area (Å²) in [7, 11) is 4.26. The molecule has 3 rings (SSSR count). The third kappa shape index (κ3) is 6.65. The van der Waals surface area contributed by atoms with Gasteiger partial charge in [-0.3, -0.25) is 24.6 Å². The molecule has 0 aliphatic carbocycles. The molecule has 2 aromatic carbocycles. The Balaban J connectivity index is 1.60. The molecule has 180 valence electrons. The molecule has 8 nitrogen and oxygen atoms in total. The zero-order valence-corrected chi connectivity index (χ0v) is 19.8. The smallest absolute Gasteiger partial charge is 0.268 e. The highest BCUT2D eigenvalue weighted by atomic mass is 16.5. The first-order valence-electron chi connectivity index (χ1n) is 11.3. The number of hydrogen-bond donors (Lipinski definition) is 4. The van der Waals surface area contributed by atoms with Gasteiger partial charge in [-0.15, -0.1) is 0 Å². The second kappa shape index (κ2) is 11.8. The van der Waals surface area contributed by atoms with E-state index in [1.165, 1.54) is 30.8 Å². The Hall–Kier alpha value is -3.22. The summed E-state index contributed by atoms with van der Waals surface area (Å²) in [5, 5.41) is 20.8. The second-order valence-corrected chi connectivity index (χ2v) is 8.75. The lowest BCUT2D eigenvalue weighted by atomic mass is 10.1. The van der Waals surface area contributed by atoms with Gasteiger partial charge in [-0.05, 0) is 75.8 Å². The van der Waals surface area contributed by atoms with E-state index in [9.17, 15) is 14.7 Å². The molecule has 1 heterocycles. The Morgan fingerprint density at radius 2 is 1.68 bits per heavy atom. The Bertz CT molecular complexity index is 1040. The van der Waals surface area contributed by atoms with Crippen LogP contribution < -0.4 is 10.8 Å². The second-order valence-electron chi connectivity index (χ2n) is 8.75. The Labute approximate surface area is 200 Å². The summed E-state index contributed by atoms with van der Waals surface area (Å²) >= 11 is 0. The number of aliphatic hydroxyl groups is 1. The van der Waals surface area contributed by atoms with Gasteiger partial charge < -0.3 is 10.4 Å². The molecule has 1 aliphatic rings. The average Bonchev–Trinajstić information content (AvgIpc) is 3.30. The van der Waals surface area contributed by atoms with Gasteiger partial charge in [0.2, 0.25) is 0 Å². The first-order valence-corrected chi connectivity index (χ1v) is 11.3. The van der Waals surface area contributed by atoms with Gasteiger partial charge >= 0.3 is 0 Å². The van der Waals surface area contributed by atoms with Gasteiger partial charge in [0.15, 0.2) is 0 Å². The van der Waals surface area contributed by atoms with E-state index in [4.69, 9.17) is 5.21 Å². The van der Waals surface area contributed by atoms with Gasteiger partial charge in [0.1, 0.15) is 6.04 Å². The zero-order valence-electron chi connectivity index (χ0n) is 19.8. The molecule has 2 aromatic rings. The molecule has 0 spiro atoms. The van der Waals surface area contributed by atoms with Crippen molar-refractivity contribution in [3.8, 4) is 11.8 Å². The highest BCUT2D eigenvalue weighted by Gasteiger charge is 2.26. The summed E-state index contributed by atoms with van der Waals surface area (Å²) in [5.74, 6) is 4.80. The van der Waals surface area contributed by atoms with E-state index in [1.54, 1.807) is 24.3 Å². The van der Waals surface area contributed by atoms with Crippen molar-refractivity contribution in [2.75, 3.05) is 20.6 Å².